The van der Waals surface area contributed by atoms with E-state index < -0.39 is 18.4 Å². The van der Waals surface area contributed by atoms with Gasteiger partial charge in [-0.1, -0.05) is 12.1 Å². The van der Waals surface area contributed by atoms with E-state index >= 15 is 0 Å². The highest BCUT2D eigenvalue weighted by Crippen LogP contribution is 2.19. The van der Waals surface area contributed by atoms with Crippen LogP contribution in [0, 0.1) is 0 Å². The van der Waals surface area contributed by atoms with E-state index in [2.05, 4.69) is 20.6 Å². The molecule has 8 heteroatoms. The lowest BCUT2D eigenvalue weighted by Gasteiger charge is -2.11. The van der Waals surface area contributed by atoms with Crippen molar-refractivity contribution >= 4 is 11.8 Å². The summed E-state index contributed by atoms with van der Waals surface area (Å²) in [5, 5.41) is 0. The summed E-state index contributed by atoms with van der Waals surface area (Å²) in [4.78, 5) is 27.4. The van der Waals surface area contributed by atoms with Crippen LogP contribution in [0.4, 0.5) is 8.78 Å². The minimum Gasteiger partial charge on any atom is -0.434 e. The second-order valence-corrected chi connectivity index (χ2v) is 4.02. The van der Waals surface area contributed by atoms with Crippen molar-refractivity contribution in [1.82, 2.24) is 15.8 Å². The molecule has 1 heterocycles. The average Bonchev–Trinajstić information content (AvgIpc) is 2.53. The number of alkyl halides is 2. The highest BCUT2D eigenvalue weighted by molar-refractivity contribution is 6.00. The van der Waals surface area contributed by atoms with Gasteiger partial charge in [-0.2, -0.15) is 8.78 Å². The van der Waals surface area contributed by atoms with Gasteiger partial charge in [0.05, 0.1) is 11.1 Å². The summed E-state index contributed by atoms with van der Waals surface area (Å²) in [5.41, 5.74) is 4.38. The third-order valence-electron chi connectivity index (χ3n) is 2.56. The molecule has 0 saturated heterocycles. The Morgan fingerprint density at radius 3 is 2.45 bits per heavy atom. The summed E-state index contributed by atoms with van der Waals surface area (Å²) in [7, 11) is 0. The van der Waals surface area contributed by atoms with Crippen LogP contribution < -0.4 is 15.6 Å². The standard InChI is InChI=1S/C14H11F2N3O3/c15-14(16)22-11-6-2-1-5-10(11)13(21)19-18-12(20)9-4-3-7-17-8-9/h1-8,14H,(H,18,20)(H,19,21). The lowest BCUT2D eigenvalue weighted by Crippen LogP contribution is -2.41. The predicted octanol–water partition coefficient (Wildman–Crippen LogP) is 1.76. The molecular weight excluding hydrogens is 296 g/mol. The number of carbonyl (C=O) groups is 2. The number of amides is 2. The van der Waals surface area contributed by atoms with Crippen LogP contribution in [0.3, 0.4) is 0 Å². The minimum absolute atomic E-state index is 0.130. The molecule has 0 fully saturated rings. The van der Waals surface area contributed by atoms with Gasteiger partial charge in [0.2, 0.25) is 0 Å². The Morgan fingerprint density at radius 1 is 1.05 bits per heavy atom. The fourth-order valence-electron chi connectivity index (χ4n) is 1.60. The minimum atomic E-state index is -3.06. The molecule has 0 saturated carbocycles. The van der Waals surface area contributed by atoms with Crippen LogP contribution in [0.15, 0.2) is 48.8 Å². The van der Waals surface area contributed by atoms with E-state index in [0.717, 1.165) is 0 Å². The van der Waals surface area contributed by atoms with Crippen LogP contribution in [0.25, 0.3) is 0 Å². The zero-order valence-electron chi connectivity index (χ0n) is 11.1. The molecule has 114 valence electrons. The summed E-state index contributed by atoms with van der Waals surface area (Å²) >= 11 is 0. The van der Waals surface area contributed by atoms with Crippen molar-refractivity contribution in [2.24, 2.45) is 0 Å². The number of halogens is 2. The summed E-state index contributed by atoms with van der Waals surface area (Å²) in [5.74, 6) is -1.66. The molecule has 2 rings (SSSR count). The molecule has 1 aromatic carbocycles. The molecule has 2 N–H and O–H groups in total. The molecular formula is C14H11F2N3O3. The number of hydrogen-bond donors (Lipinski definition) is 2. The van der Waals surface area contributed by atoms with Gasteiger partial charge in [-0.3, -0.25) is 25.4 Å². The Kier molecular flexibility index (Phi) is 4.97. The Morgan fingerprint density at radius 2 is 1.77 bits per heavy atom. The fraction of sp³-hybridized carbons (Fsp3) is 0.0714. The molecule has 2 aromatic rings. The molecule has 6 nitrogen and oxygen atoms in total. The molecule has 0 unspecified atom stereocenters. The third-order valence-corrected chi connectivity index (χ3v) is 2.56. The maximum absolute atomic E-state index is 12.3. The van der Waals surface area contributed by atoms with Gasteiger partial charge in [0, 0.05) is 12.4 Å². The molecule has 0 atom stereocenters. The summed E-state index contributed by atoms with van der Waals surface area (Å²) in [6, 6.07) is 8.51. The lowest BCUT2D eigenvalue weighted by atomic mass is 10.2. The number of nitrogens with one attached hydrogen (secondary N) is 2. The van der Waals surface area contributed by atoms with Crippen LogP contribution in [-0.4, -0.2) is 23.4 Å². The number of nitrogens with zero attached hydrogens (tertiary/aromatic N) is 1. The van der Waals surface area contributed by atoms with Crippen LogP contribution in [-0.2, 0) is 0 Å². The molecule has 0 aliphatic heterocycles. The van der Waals surface area contributed by atoms with Crippen molar-refractivity contribution in [3.8, 4) is 5.75 Å². The largest absolute Gasteiger partial charge is 0.434 e. The summed E-state index contributed by atoms with van der Waals surface area (Å²) in [6.45, 7) is -3.06. The summed E-state index contributed by atoms with van der Waals surface area (Å²) < 4.78 is 28.8. The van der Waals surface area contributed by atoms with Crippen molar-refractivity contribution in [3.05, 3.63) is 59.9 Å². The maximum Gasteiger partial charge on any atom is 0.387 e. The SMILES string of the molecule is O=C(NNC(=O)c1ccccc1OC(F)F)c1cccnc1. The molecule has 0 aliphatic rings. The van der Waals surface area contributed by atoms with Gasteiger partial charge >= 0.3 is 6.61 Å². The van der Waals surface area contributed by atoms with E-state index in [0.29, 0.717) is 0 Å². The van der Waals surface area contributed by atoms with Gasteiger partial charge in [-0.15, -0.1) is 0 Å². The van der Waals surface area contributed by atoms with Crippen molar-refractivity contribution in [3.63, 3.8) is 0 Å². The topological polar surface area (TPSA) is 80.3 Å². The monoisotopic (exact) mass is 307 g/mol. The van der Waals surface area contributed by atoms with E-state index in [-0.39, 0.29) is 16.9 Å². The molecule has 1 aromatic heterocycles. The zero-order valence-corrected chi connectivity index (χ0v) is 11.1. The lowest BCUT2D eigenvalue weighted by molar-refractivity contribution is -0.0501. The third kappa shape index (κ3) is 3.98. The number of pyridine rings is 1. The molecule has 0 radical (unpaired) electrons. The zero-order chi connectivity index (χ0) is 15.9. The number of benzene rings is 1. The first kappa shape index (κ1) is 15.4. The smallest absolute Gasteiger partial charge is 0.387 e. The molecule has 0 aliphatic carbocycles. The molecule has 2 amide bonds. The Balaban J connectivity index is 2.02. The van der Waals surface area contributed by atoms with Gasteiger partial charge in [-0.05, 0) is 24.3 Å². The first-order valence-electron chi connectivity index (χ1n) is 6.12. The van der Waals surface area contributed by atoms with Crippen molar-refractivity contribution < 1.29 is 23.1 Å². The fourth-order valence-corrected chi connectivity index (χ4v) is 1.60. The maximum atomic E-state index is 12.3. The van der Waals surface area contributed by atoms with Gasteiger partial charge in [0.15, 0.2) is 0 Å². The van der Waals surface area contributed by atoms with E-state index in [9.17, 15) is 18.4 Å². The first-order valence-corrected chi connectivity index (χ1v) is 6.12. The molecule has 0 spiro atoms. The van der Waals surface area contributed by atoms with Gasteiger partial charge in [0.1, 0.15) is 5.75 Å². The highest BCUT2D eigenvalue weighted by atomic mass is 19.3. The van der Waals surface area contributed by atoms with E-state index in [1.807, 2.05) is 0 Å². The highest BCUT2D eigenvalue weighted by Gasteiger charge is 2.16. The second kappa shape index (κ2) is 7.11. The summed E-state index contributed by atoms with van der Waals surface area (Å²) in [6.07, 6.45) is 2.81. The molecule has 0 bridgehead atoms. The Hall–Kier alpha value is -3.03. The normalized spacial score (nSPS) is 10.1. The number of para-hydroxylation sites is 1. The van der Waals surface area contributed by atoms with Crippen LogP contribution in [0.1, 0.15) is 20.7 Å². The number of hydrogen-bond acceptors (Lipinski definition) is 4. The van der Waals surface area contributed by atoms with Crippen molar-refractivity contribution in [1.29, 1.82) is 0 Å². The number of carbonyl (C=O) groups excluding carboxylic acids is 2. The predicted molar refractivity (Wildman–Crippen MR) is 72.2 cm³/mol. The Bertz CT molecular complexity index is 665. The number of hydrazine groups is 1. The van der Waals surface area contributed by atoms with Crippen molar-refractivity contribution in [2.75, 3.05) is 0 Å². The number of aromatic nitrogens is 1. The number of rotatable bonds is 4. The van der Waals surface area contributed by atoms with E-state index in [1.54, 1.807) is 6.07 Å². The van der Waals surface area contributed by atoms with Crippen LogP contribution in [0.5, 0.6) is 5.75 Å². The van der Waals surface area contributed by atoms with Crippen molar-refractivity contribution in [2.45, 2.75) is 6.61 Å². The van der Waals surface area contributed by atoms with Crippen LogP contribution >= 0.6 is 0 Å². The van der Waals surface area contributed by atoms with Crippen LogP contribution in [0.2, 0.25) is 0 Å². The van der Waals surface area contributed by atoms with Gasteiger partial charge < -0.3 is 4.74 Å². The average molecular weight is 307 g/mol. The van der Waals surface area contributed by atoms with Gasteiger partial charge in [-0.25, -0.2) is 0 Å². The van der Waals surface area contributed by atoms with E-state index in [1.165, 1.54) is 42.7 Å². The number of ether oxygens (including phenoxy) is 1. The Labute approximate surface area is 124 Å². The van der Waals surface area contributed by atoms with Gasteiger partial charge in [0.25, 0.3) is 11.8 Å². The first-order chi connectivity index (χ1) is 10.6. The van der Waals surface area contributed by atoms with E-state index in [4.69, 9.17) is 0 Å². The molecule has 22 heavy (non-hydrogen) atoms. The second-order valence-electron chi connectivity index (χ2n) is 4.02. The quantitative estimate of drug-likeness (QED) is 0.843.